The third-order valence-electron chi connectivity index (χ3n) is 2.69. The molecule has 0 bridgehead atoms. The van der Waals surface area contributed by atoms with Crippen LogP contribution >= 0.6 is 0 Å². The maximum absolute atomic E-state index is 13.5. The molecule has 0 fully saturated rings. The lowest BCUT2D eigenvalue weighted by atomic mass is 10.0. The molecular formula is C14H5F3. The zero-order valence-electron chi connectivity index (χ0n) is 8.52. The van der Waals surface area contributed by atoms with Crippen LogP contribution in [0, 0.1) is 29.6 Å². The molecule has 0 N–H and O–H groups in total. The van der Waals surface area contributed by atoms with Gasteiger partial charge in [0.1, 0.15) is 5.82 Å². The molecule has 0 amide bonds. The third-order valence-corrected chi connectivity index (χ3v) is 2.69. The van der Waals surface area contributed by atoms with Gasteiger partial charge in [0.15, 0.2) is 11.6 Å². The molecule has 0 atom stereocenters. The minimum absolute atomic E-state index is 0.124. The van der Waals surface area contributed by atoms with Crippen LogP contribution < -0.4 is 0 Å². The first-order valence-corrected chi connectivity index (χ1v) is 4.95. The first-order valence-electron chi connectivity index (χ1n) is 4.95. The van der Waals surface area contributed by atoms with E-state index in [9.17, 15) is 13.2 Å². The monoisotopic (exact) mass is 230 g/mol. The predicted molar refractivity (Wildman–Crippen MR) is 59.0 cm³/mol. The van der Waals surface area contributed by atoms with E-state index in [0.717, 1.165) is 5.39 Å². The fourth-order valence-corrected chi connectivity index (χ4v) is 1.86. The van der Waals surface area contributed by atoms with Crippen molar-refractivity contribution in [2.75, 3.05) is 0 Å². The Labute approximate surface area is 95.3 Å². The molecule has 3 aromatic carbocycles. The van der Waals surface area contributed by atoms with E-state index in [2.05, 4.69) is 12.1 Å². The van der Waals surface area contributed by atoms with Crippen molar-refractivity contribution in [2.45, 2.75) is 0 Å². The molecule has 0 saturated carbocycles. The van der Waals surface area contributed by atoms with Crippen LogP contribution in [-0.2, 0) is 0 Å². The van der Waals surface area contributed by atoms with Crippen molar-refractivity contribution in [1.82, 2.24) is 0 Å². The molecule has 17 heavy (non-hydrogen) atoms. The summed E-state index contributed by atoms with van der Waals surface area (Å²) in [6.07, 6.45) is 0. The van der Waals surface area contributed by atoms with Gasteiger partial charge in [0.25, 0.3) is 0 Å². The van der Waals surface area contributed by atoms with E-state index in [-0.39, 0.29) is 5.39 Å². The van der Waals surface area contributed by atoms with Gasteiger partial charge in [-0.1, -0.05) is 0 Å². The molecule has 0 aliphatic carbocycles. The summed E-state index contributed by atoms with van der Waals surface area (Å²) in [5, 5.41) is 1.88. The average Bonchev–Trinajstić information content (AvgIpc) is 2.32. The second kappa shape index (κ2) is 3.48. The Kier molecular flexibility index (Phi) is 2.08. The molecule has 3 rings (SSSR count). The van der Waals surface area contributed by atoms with Crippen LogP contribution in [0.15, 0.2) is 30.3 Å². The Bertz CT molecular complexity index is 732. The smallest absolute Gasteiger partial charge is 0.167 e. The van der Waals surface area contributed by atoms with Gasteiger partial charge in [0.2, 0.25) is 0 Å². The van der Waals surface area contributed by atoms with Crippen molar-refractivity contribution < 1.29 is 13.2 Å². The quantitative estimate of drug-likeness (QED) is 0.512. The molecule has 0 heterocycles. The Morgan fingerprint density at radius 1 is 0.765 bits per heavy atom. The molecule has 3 aromatic rings. The fraction of sp³-hybridized carbons (Fsp3) is 0. The number of hydrogen-bond acceptors (Lipinski definition) is 0. The van der Waals surface area contributed by atoms with Crippen molar-refractivity contribution in [1.29, 1.82) is 0 Å². The highest BCUT2D eigenvalue weighted by atomic mass is 19.2. The van der Waals surface area contributed by atoms with Gasteiger partial charge in [-0.25, -0.2) is 13.2 Å². The van der Waals surface area contributed by atoms with E-state index < -0.39 is 17.5 Å². The van der Waals surface area contributed by atoms with Crippen molar-refractivity contribution in [2.24, 2.45) is 0 Å². The van der Waals surface area contributed by atoms with Gasteiger partial charge in [0, 0.05) is 17.5 Å². The molecule has 0 aromatic heterocycles. The summed E-state index contributed by atoms with van der Waals surface area (Å²) < 4.78 is 39.5. The molecule has 0 unspecified atom stereocenters. The molecule has 3 heteroatoms. The summed E-state index contributed by atoms with van der Waals surface area (Å²) >= 11 is 0. The summed E-state index contributed by atoms with van der Waals surface area (Å²) in [6.45, 7) is 0. The Morgan fingerprint density at radius 2 is 1.53 bits per heavy atom. The van der Waals surface area contributed by atoms with Gasteiger partial charge in [-0.3, -0.25) is 0 Å². The molecular weight excluding hydrogens is 225 g/mol. The molecule has 0 nitrogen and oxygen atoms in total. The second-order valence-corrected chi connectivity index (χ2v) is 3.77. The van der Waals surface area contributed by atoms with Crippen LogP contribution in [0.5, 0.6) is 0 Å². The normalized spacial score (nSPS) is 11.2. The number of hydrogen-bond donors (Lipinski definition) is 0. The van der Waals surface area contributed by atoms with E-state index in [1.165, 1.54) is 24.3 Å². The van der Waals surface area contributed by atoms with Gasteiger partial charge in [-0.15, -0.1) is 0 Å². The van der Waals surface area contributed by atoms with Crippen molar-refractivity contribution >= 4 is 21.5 Å². The largest absolute Gasteiger partial charge is 0.206 e. The minimum atomic E-state index is -1.03. The first-order chi connectivity index (χ1) is 8.15. The van der Waals surface area contributed by atoms with E-state index in [0.29, 0.717) is 10.8 Å². The van der Waals surface area contributed by atoms with Crippen LogP contribution in [-0.4, -0.2) is 0 Å². The summed E-state index contributed by atoms with van der Waals surface area (Å²) in [5.41, 5.74) is 0. The number of halogens is 3. The Morgan fingerprint density at radius 3 is 2.35 bits per heavy atom. The maximum Gasteiger partial charge on any atom is 0.167 e. The first kappa shape index (κ1) is 10.1. The van der Waals surface area contributed by atoms with Crippen LogP contribution in [0.2, 0.25) is 0 Å². The van der Waals surface area contributed by atoms with Crippen LogP contribution in [0.25, 0.3) is 21.5 Å². The SMILES string of the molecule is Fc1[c]cc2cc3c[c]c(F)c(F)c3cc2c1. The number of fused-ring (bicyclic) bond motifs is 2. The molecule has 0 aliphatic heterocycles. The van der Waals surface area contributed by atoms with Crippen LogP contribution in [0.1, 0.15) is 0 Å². The van der Waals surface area contributed by atoms with Gasteiger partial charge >= 0.3 is 0 Å². The zero-order valence-corrected chi connectivity index (χ0v) is 8.52. The van der Waals surface area contributed by atoms with Crippen molar-refractivity contribution in [3.05, 3.63) is 59.9 Å². The second-order valence-electron chi connectivity index (χ2n) is 3.77. The number of rotatable bonds is 0. The lowest BCUT2D eigenvalue weighted by molar-refractivity contribution is 0.515. The highest BCUT2D eigenvalue weighted by molar-refractivity contribution is 5.98. The number of benzene rings is 3. The van der Waals surface area contributed by atoms with Crippen molar-refractivity contribution in [3.63, 3.8) is 0 Å². The third kappa shape index (κ3) is 1.55. The Hall–Kier alpha value is -2.03. The average molecular weight is 230 g/mol. The summed E-state index contributed by atoms with van der Waals surface area (Å²) in [7, 11) is 0. The lowest BCUT2D eigenvalue weighted by Crippen LogP contribution is -1.87. The van der Waals surface area contributed by atoms with E-state index in [1.807, 2.05) is 0 Å². The maximum atomic E-state index is 13.5. The van der Waals surface area contributed by atoms with Gasteiger partial charge in [-0.2, -0.15) is 0 Å². The topological polar surface area (TPSA) is 0 Å². The van der Waals surface area contributed by atoms with E-state index >= 15 is 0 Å². The molecule has 0 saturated heterocycles. The van der Waals surface area contributed by atoms with E-state index in [4.69, 9.17) is 0 Å². The fourth-order valence-electron chi connectivity index (χ4n) is 1.86. The molecule has 82 valence electrons. The minimum Gasteiger partial charge on any atom is -0.206 e. The molecule has 0 aliphatic rings. The highest BCUT2D eigenvalue weighted by Gasteiger charge is 2.08. The van der Waals surface area contributed by atoms with Crippen LogP contribution in [0.4, 0.5) is 13.2 Å². The molecule has 0 spiro atoms. The summed E-state index contributed by atoms with van der Waals surface area (Å²) in [6, 6.07) is 11.8. The summed E-state index contributed by atoms with van der Waals surface area (Å²) in [5.74, 6) is -2.52. The zero-order chi connectivity index (χ0) is 12.0. The van der Waals surface area contributed by atoms with Gasteiger partial charge < -0.3 is 0 Å². The van der Waals surface area contributed by atoms with Crippen LogP contribution in [0.3, 0.4) is 0 Å². The van der Waals surface area contributed by atoms with Gasteiger partial charge in [-0.05, 0) is 46.5 Å². The molecule has 2 radical (unpaired) electrons. The van der Waals surface area contributed by atoms with Gasteiger partial charge in [0.05, 0.1) is 0 Å². The van der Waals surface area contributed by atoms with Crippen molar-refractivity contribution in [3.8, 4) is 0 Å². The summed E-state index contributed by atoms with van der Waals surface area (Å²) in [4.78, 5) is 0. The Balaban J connectivity index is 2.48. The standard InChI is InChI=1S/C14H5F3/c15-11-3-1-8-5-9-2-4-13(16)14(17)12(9)7-10(8)6-11/h1-2,5-7H. The highest BCUT2D eigenvalue weighted by Crippen LogP contribution is 2.26. The predicted octanol–water partition coefficient (Wildman–Crippen LogP) is 4.01. The lowest BCUT2D eigenvalue weighted by Gasteiger charge is -2.03. The van der Waals surface area contributed by atoms with E-state index in [1.54, 1.807) is 6.07 Å².